The minimum absolute atomic E-state index is 0.147. The third-order valence-electron chi connectivity index (χ3n) is 5.40. The Labute approximate surface area is 192 Å². The molecule has 33 heavy (non-hydrogen) atoms. The molecule has 7 heteroatoms. The Morgan fingerprint density at radius 3 is 2.39 bits per heavy atom. The number of amides is 2. The number of benzene rings is 2. The number of ketones is 1. The molecular formula is C26H29FN2O4. The van der Waals surface area contributed by atoms with Crippen molar-refractivity contribution in [3.63, 3.8) is 0 Å². The molecular weight excluding hydrogens is 423 g/mol. The molecule has 0 atom stereocenters. The maximum Gasteiger partial charge on any atom is 0.252 e. The SMILES string of the molecule is O=C(CO)CCCCCNC(=O)c1ccc(/C=C(/C(=O)NC2CC2)c2ccccc2F)cc1. The van der Waals surface area contributed by atoms with Crippen molar-refractivity contribution in [1.29, 1.82) is 0 Å². The molecule has 0 aliphatic heterocycles. The van der Waals surface area contributed by atoms with Gasteiger partial charge in [0.05, 0.1) is 5.57 Å². The third-order valence-corrected chi connectivity index (χ3v) is 5.40. The van der Waals surface area contributed by atoms with Gasteiger partial charge in [0.25, 0.3) is 11.8 Å². The van der Waals surface area contributed by atoms with E-state index in [1.165, 1.54) is 6.07 Å². The van der Waals surface area contributed by atoms with Gasteiger partial charge in [-0.1, -0.05) is 36.8 Å². The van der Waals surface area contributed by atoms with Crippen LogP contribution in [0.15, 0.2) is 48.5 Å². The van der Waals surface area contributed by atoms with E-state index in [2.05, 4.69) is 10.6 Å². The second-order valence-electron chi connectivity index (χ2n) is 8.17. The molecule has 0 heterocycles. The van der Waals surface area contributed by atoms with Gasteiger partial charge < -0.3 is 15.7 Å². The smallest absolute Gasteiger partial charge is 0.252 e. The van der Waals surface area contributed by atoms with Crippen molar-refractivity contribution in [3.8, 4) is 0 Å². The number of rotatable bonds is 12. The van der Waals surface area contributed by atoms with E-state index in [1.54, 1.807) is 48.5 Å². The van der Waals surface area contributed by atoms with Crippen LogP contribution >= 0.6 is 0 Å². The van der Waals surface area contributed by atoms with E-state index in [0.717, 1.165) is 25.7 Å². The van der Waals surface area contributed by atoms with Gasteiger partial charge in [-0.25, -0.2) is 4.39 Å². The van der Waals surface area contributed by atoms with E-state index in [4.69, 9.17) is 5.11 Å². The second-order valence-corrected chi connectivity index (χ2v) is 8.17. The summed E-state index contributed by atoms with van der Waals surface area (Å²) in [7, 11) is 0. The number of unbranched alkanes of at least 4 members (excludes halogenated alkanes) is 2. The van der Waals surface area contributed by atoms with Crippen LogP contribution in [0.3, 0.4) is 0 Å². The summed E-state index contributed by atoms with van der Waals surface area (Å²) in [6, 6.07) is 13.1. The molecule has 0 saturated heterocycles. The Morgan fingerprint density at radius 2 is 1.73 bits per heavy atom. The first-order valence-electron chi connectivity index (χ1n) is 11.3. The highest BCUT2D eigenvalue weighted by Gasteiger charge is 2.26. The summed E-state index contributed by atoms with van der Waals surface area (Å²) in [5.74, 6) is -1.16. The van der Waals surface area contributed by atoms with Gasteiger partial charge in [-0.15, -0.1) is 0 Å². The van der Waals surface area contributed by atoms with Crippen molar-refractivity contribution < 1.29 is 23.9 Å². The fourth-order valence-electron chi connectivity index (χ4n) is 3.34. The first-order valence-corrected chi connectivity index (χ1v) is 11.3. The molecule has 0 spiro atoms. The normalized spacial score (nSPS) is 13.5. The molecule has 1 fully saturated rings. The lowest BCUT2D eigenvalue weighted by atomic mass is 10.0. The minimum Gasteiger partial charge on any atom is -0.389 e. The van der Waals surface area contributed by atoms with E-state index >= 15 is 0 Å². The van der Waals surface area contributed by atoms with E-state index in [9.17, 15) is 18.8 Å². The molecule has 0 aromatic heterocycles. The molecule has 174 valence electrons. The summed E-state index contributed by atoms with van der Waals surface area (Å²) in [6.07, 6.45) is 6.07. The van der Waals surface area contributed by atoms with Gasteiger partial charge in [0, 0.05) is 30.1 Å². The zero-order valence-corrected chi connectivity index (χ0v) is 18.5. The van der Waals surface area contributed by atoms with Crippen molar-refractivity contribution >= 4 is 29.2 Å². The van der Waals surface area contributed by atoms with E-state index in [-0.39, 0.29) is 34.8 Å². The Morgan fingerprint density at radius 1 is 1.00 bits per heavy atom. The van der Waals surface area contributed by atoms with Crippen LogP contribution in [0, 0.1) is 5.82 Å². The van der Waals surface area contributed by atoms with Crippen molar-refractivity contribution in [2.45, 2.75) is 44.6 Å². The van der Waals surface area contributed by atoms with Gasteiger partial charge in [-0.2, -0.15) is 0 Å². The molecule has 0 unspecified atom stereocenters. The highest BCUT2D eigenvalue weighted by molar-refractivity contribution is 6.24. The molecule has 1 saturated carbocycles. The number of carbonyl (C=O) groups is 3. The van der Waals surface area contributed by atoms with Crippen molar-refractivity contribution in [2.75, 3.05) is 13.2 Å². The van der Waals surface area contributed by atoms with Crippen molar-refractivity contribution in [3.05, 3.63) is 71.0 Å². The van der Waals surface area contributed by atoms with Crippen LogP contribution in [-0.4, -0.2) is 41.9 Å². The van der Waals surface area contributed by atoms with Gasteiger partial charge in [0.1, 0.15) is 12.4 Å². The van der Waals surface area contributed by atoms with Crippen molar-refractivity contribution in [1.82, 2.24) is 10.6 Å². The van der Waals surface area contributed by atoms with Crippen LogP contribution in [0.25, 0.3) is 11.6 Å². The van der Waals surface area contributed by atoms with Crippen LogP contribution in [0.2, 0.25) is 0 Å². The largest absolute Gasteiger partial charge is 0.389 e. The number of nitrogens with one attached hydrogen (secondary N) is 2. The maximum atomic E-state index is 14.4. The quantitative estimate of drug-likeness (QED) is 0.261. The average molecular weight is 453 g/mol. The Bertz CT molecular complexity index is 1010. The summed E-state index contributed by atoms with van der Waals surface area (Å²) in [5, 5.41) is 14.4. The van der Waals surface area contributed by atoms with Crippen molar-refractivity contribution in [2.24, 2.45) is 0 Å². The summed E-state index contributed by atoms with van der Waals surface area (Å²) in [6.45, 7) is 0.0709. The van der Waals surface area contributed by atoms with Gasteiger partial charge in [0.2, 0.25) is 0 Å². The standard InChI is InChI=1S/C26H29FN2O4/c27-24-8-4-3-7-22(24)23(26(33)29-20-13-14-20)16-18-9-11-19(12-10-18)25(32)28-15-5-1-2-6-21(31)17-30/h3-4,7-12,16,20,30H,1-2,5-6,13-15,17H2,(H,28,32)(H,29,33)/b23-16+. The second kappa shape index (κ2) is 12.1. The number of aliphatic hydroxyl groups excluding tert-OH is 1. The Balaban J connectivity index is 1.60. The lowest BCUT2D eigenvalue weighted by molar-refractivity contribution is -0.121. The molecule has 2 aromatic carbocycles. The number of carbonyl (C=O) groups excluding carboxylic acids is 3. The maximum absolute atomic E-state index is 14.4. The number of hydrogen-bond acceptors (Lipinski definition) is 4. The average Bonchev–Trinajstić information content (AvgIpc) is 3.64. The van der Waals surface area contributed by atoms with Gasteiger partial charge in [-0.3, -0.25) is 14.4 Å². The number of halogens is 1. The third kappa shape index (κ3) is 7.64. The van der Waals surface area contributed by atoms with Crippen LogP contribution in [-0.2, 0) is 9.59 Å². The first-order chi connectivity index (χ1) is 16.0. The fraction of sp³-hybridized carbons (Fsp3) is 0.346. The summed E-state index contributed by atoms with van der Waals surface area (Å²) < 4.78 is 14.4. The van der Waals surface area contributed by atoms with E-state index < -0.39 is 12.4 Å². The summed E-state index contributed by atoms with van der Waals surface area (Å²) >= 11 is 0. The lowest BCUT2D eigenvalue weighted by Crippen LogP contribution is -2.26. The van der Waals surface area contributed by atoms with E-state index in [1.807, 2.05) is 0 Å². The minimum atomic E-state index is -0.466. The zero-order valence-electron chi connectivity index (χ0n) is 18.5. The predicted molar refractivity (Wildman–Crippen MR) is 125 cm³/mol. The molecule has 0 bridgehead atoms. The first kappa shape index (κ1) is 24.3. The molecule has 3 rings (SSSR count). The number of aliphatic hydroxyl groups is 1. The zero-order chi connectivity index (χ0) is 23.6. The Hall–Kier alpha value is -3.32. The highest BCUT2D eigenvalue weighted by Crippen LogP contribution is 2.25. The van der Waals surface area contributed by atoms with Gasteiger partial charge >= 0.3 is 0 Å². The molecule has 1 aliphatic carbocycles. The molecule has 0 radical (unpaired) electrons. The van der Waals surface area contributed by atoms with Crippen LogP contribution in [0.1, 0.15) is 60.0 Å². The molecule has 2 aromatic rings. The van der Waals surface area contributed by atoms with Crippen LogP contribution < -0.4 is 10.6 Å². The monoisotopic (exact) mass is 452 g/mol. The Kier molecular flexibility index (Phi) is 8.89. The van der Waals surface area contributed by atoms with Gasteiger partial charge in [0.15, 0.2) is 5.78 Å². The van der Waals surface area contributed by atoms with Crippen LogP contribution in [0.5, 0.6) is 0 Å². The molecule has 1 aliphatic rings. The van der Waals surface area contributed by atoms with Gasteiger partial charge in [-0.05, 0) is 55.5 Å². The number of Topliss-reactive ketones (excluding diaryl/α,β-unsaturated/α-hetero) is 1. The molecule has 3 N–H and O–H groups in total. The van der Waals surface area contributed by atoms with Crippen LogP contribution in [0.4, 0.5) is 4.39 Å². The topological polar surface area (TPSA) is 95.5 Å². The number of hydrogen-bond donors (Lipinski definition) is 3. The highest BCUT2D eigenvalue weighted by atomic mass is 19.1. The predicted octanol–water partition coefficient (Wildman–Crippen LogP) is 3.50. The molecule has 6 nitrogen and oxygen atoms in total. The summed E-state index contributed by atoms with van der Waals surface area (Å²) in [5.41, 5.74) is 1.65. The lowest BCUT2D eigenvalue weighted by Gasteiger charge is -2.10. The van der Waals surface area contributed by atoms with E-state index in [0.29, 0.717) is 30.5 Å². The fourth-order valence-corrected chi connectivity index (χ4v) is 3.34. The summed E-state index contributed by atoms with van der Waals surface area (Å²) in [4.78, 5) is 36.1. The molecule has 2 amide bonds.